The van der Waals surface area contributed by atoms with E-state index in [0.29, 0.717) is 43.2 Å². The van der Waals surface area contributed by atoms with Crippen LogP contribution in [0.15, 0.2) is 54.6 Å². The van der Waals surface area contributed by atoms with Crippen LogP contribution in [-0.4, -0.2) is 59.7 Å². The molecule has 3 rings (SSSR count). The molecule has 2 aromatic rings. The highest BCUT2D eigenvalue weighted by atomic mass is 35.5. The first-order chi connectivity index (χ1) is 14.8. The second-order valence-electron chi connectivity index (χ2n) is 8.03. The molecule has 2 aromatic carbocycles. The molecule has 7 heteroatoms. The van der Waals surface area contributed by atoms with Crippen LogP contribution in [0, 0.1) is 5.92 Å². The lowest BCUT2D eigenvalue weighted by Crippen LogP contribution is -2.56. The Morgan fingerprint density at radius 2 is 1.42 bits per heavy atom. The molecule has 0 radical (unpaired) electrons. The van der Waals surface area contributed by atoms with Gasteiger partial charge in [0.2, 0.25) is 11.8 Å². The van der Waals surface area contributed by atoms with Crippen molar-refractivity contribution in [2.24, 2.45) is 5.92 Å². The van der Waals surface area contributed by atoms with Crippen LogP contribution in [0.5, 0.6) is 0 Å². The third-order valence-corrected chi connectivity index (χ3v) is 5.64. The van der Waals surface area contributed by atoms with Crippen LogP contribution >= 0.6 is 11.6 Å². The highest BCUT2D eigenvalue weighted by Gasteiger charge is 2.30. The van der Waals surface area contributed by atoms with Gasteiger partial charge in [0, 0.05) is 49.1 Å². The lowest BCUT2D eigenvalue weighted by molar-refractivity contribution is -0.142. The summed E-state index contributed by atoms with van der Waals surface area (Å²) in [4.78, 5) is 41.9. The van der Waals surface area contributed by atoms with Crippen LogP contribution in [0.2, 0.25) is 5.02 Å². The molecule has 0 bridgehead atoms. The van der Waals surface area contributed by atoms with Gasteiger partial charge in [-0.1, -0.05) is 55.8 Å². The standard InChI is InChI=1S/C24H28ClN3O3/c1-17(2)23(30)27-12-14-28(15-13-27)24(31)21(16-18-6-4-3-5-7-18)26-22(29)19-8-10-20(25)11-9-19/h3-11,17,21H,12-16H2,1-2H3,(H,26,29). The summed E-state index contributed by atoms with van der Waals surface area (Å²) in [6, 6.07) is 15.5. The minimum absolute atomic E-state index is 0.0632. The summed E-state index contributed by atoms with van der Waals surface area (Å²) in [5.74, 6) is -0.418. The minimum atomic E-state index is -0.696. The molecule has 6 nitrogen and oxygen atoms in total. The monoisotopic (exact) mass is 441 g/mol. The molecule has 1 N–H and O–H groups in total. The quantitative estimate of drug-likeness (QED) is 0.749. The number of hydrogen-bond acceptors (Lipinski definition) is 3. The smallest absolute Gasteiger partial charge is 0.251 e. The van der Waals surface area contributed by atoms with Gasteiger partial charge < -0.3 is 15.1 Å². The topological polar surface area (TPSA) is 69.7 Å². The fourth-order valence-electron chi connectivity index (χ4n) is 3.63. The first-order valence-electron chi connectivity index (χ1n) is 10.5. The Kier molecular flexibility index (Phi) is 7.69. The molecule has 0 aromatic heterocycles. The summed E-state index contributed by atoms with van der Waals surface area (Å²) in [6.45, 7) is 5.68. The summed E-state index contributed by atoms with van der Waals surface area (Å²) in [5, 5.41) is 3.44. The van der Waals surface area contributed by atoms with Crippen molar-refractivity contribution in [1.29, 1.82) is 0 Å². The molecule has 164 valence electrons. The van der Waals surface area contributed by atoms with E-state index in [0.717, 1.165) is 5.56 Å². The first-order valence-corrected chi connectivity index (χ1v) is 10.9. The van der Waals surface area contributed by atoms with E-state index in [4.69, 9.17) is 11.6 Å². The van der Waals surface area contributed by atoms with Gasteiger partial charge in [0.05, 0.1) is 0 Å². The van der Waals surface area contributed by atoms with E-state index < -0.39 is 6.04 Å². The molecule has 1 fully saturated rings. The molecule has 1 aliphatic heterocycles. The molecule has 31 heavy (non-hydrogen) atoms. The Labute approximate surface area is 188 Å². The van der Waals surface area contributed by atoms with Crippen LogP contribution in [0.25, 0.3) is 0 Å². The third-order valence-electron chi connectivity index (χ3n) is 5.39. The predicted molar refractivity (Wildman–Crippen MR) is 121 cm³/mol. The Morgan fingerprint density at radius 3 is 1.97 bits per heavy atom. The van der Waals surface area contributed by atoms with E-state index in [-0.39, 0.29) is 23.6 Å². The lowest BCUT2D eigenvalue weighted by atomic mass is 10.0. The molecular formula is C24H28ClN3O3. The van der Waals surface area contributed by atoms with Crippen LogP contribution in [0.4, 0.5) is 0 Å². The second-order valence-corrected chi connectivity index (χ2v) is 8.46. The maximum Gasteiger partial charge on any atom is 0.251 e. The van der Waals surface area contributed by atoms with Gasteiger partial charge >= 0.3 is 0 Å². The van der Waals surface area contributed by atoms with Gasteiger partial charge in [0.1, 0.15) is 6.04 Å². The van der Waals surface area contributed by atoms with Crippen molar-refractivity contribution in [1.82, 2.24) is 15.1 Å². The molecular weight excluding hydrogens is 414 g/mol. The van der Waals surface area contributed by atoms with Gasteiger partial charge in [-0.15, -0.1) is 0 Å². The maximum absolute atomic E-state index is 13.3. The van der Waals surface area contributed by atoms with Gasteiger partial charge in [0.25, 0.3) is 5.91 Å². The van der Waals surface area contributed by atoms with Crippen molar-refractivity contribution < 1.29 is 14.4 Å². The minimum Gasteiger partial charge on any atom is -0.340 e. The molecule has 1 atom stereocenters. The maximum atomic E-state index is 13.3. The Morgan fingerprint density at radius 1 is 0.871 bits per heavy atom. The van der Waals surface area contributed by atoms with Crippen molar-refractivity contribution >= 4 is 29.3 Å². The van der Waals surface area contributed by atoms with E-state index in [1.165, 1.54) is 0 Å². The molecule has 0 spiro atoms. The number of hydrogen-bond donors (Lipinski definition) is 1. The third kappa shape index (κ3) is 6.07. The summed E-state index contributed by atoms with van der Waals surface area (Å²) >= 11 is 5.91. The Bertz CT molecular complexity index is 907. The number of piperazine rings is 1. The van der Waals surface area contributed by atoms with E-state index in [9.17, 15) is 14.4 Å². The molecule has 3 amide bonds. The summed E-state index contributed by atoms with van der Waals surface area (Å²) in [5.41, 5.74) is 1.41. The largest absolute Gasteiger partial charge is 0.340 e. The molecule has 1 unspecified atom stereocenters. The fraction of sp³-hybridized carbons (Fsp3) is 0.375. The van der Waals surface area contributed by atoms with Crippen molar-refractivity contribution in [3.8, 4) is 0 Å². The number of nitrogens with one attached hydrogen (secondary N) is 1. The summed E-state index contributed by atoms with van der Waals surface area (Å²) in [6.07, 6.45) is 0.393. The lowest BCUT2D eigenvalue weighted by Gasteiger charge is -2.37. The molecule has 1 saturated heterocycles. The van der Waals surface area contributed by atoms with E-state index in [2.05, 4.69) is 5.32 Å². The number of halogens is 1. The zero-order valence-electron chi connectivity index (χ0n) is 17.9. The number of benzene rings is 2. The predicted octanol–water partition coefficient (Wildman–Crippen LogP) is 3.01. The molecule has 1 aliphatic rings. The number of carbonyl (C=O) groups excluding carboxylic acids is 3. The Hall–Kier alpha value is -2.86. The van der Waals surface area contributed by atoms with Gasteiger partial charge in [-0.3, -0.25) is 14.4 Å². The number of rotatable bonds is 6. The van der Waals surface area contributed by atoms with Crippen LogP contribution in [0.3, 0.4) is 0 Å². The molecule has 0 aliphatic carbocycles. The number of carbonyl (C=O) groups is 3. The first kappa shape index (κ1) is 22.8. The van der Waals surface area contributed by atoms with E-state index >= 15 is 0 Å². The number of nitrogens with zero attached hydrogens (tertiary/aromatic N) is 2. The van der Waals surface area contributed by atoms with Crippen molar-refractivity contribution in [2.45, 2.75) is 26.3 Å². The summed E-state index contributed by atoms with van der Waals surface area (Å²) < 4.78 is 0. The zero-order chi connectivity index (χ0) is 22.4. The normalized spacial score (nSPS) is 15.0. The average molecular weight is 442 g/mol. The van der Waals surface area contributed by atoms with Crippen LogP contribution < -0.4 is 5.32 Å². The van der Waals surface area contributed by atoms with Gasteiger partial charge in [0.15, 0.2) is 0 Å². The van der Waals surface area contributed by atoms with E-state index in [1.807, 2.05) is 44.2 Å². The SMILES string of the molecule is CC(C)C(=O)N1CCN(C(=O)C(Cc2ccccc2)NC(=O)c2ccc(Cl)cc2)CC1. The van der Waals surface area contributed by atoms with E-state index in [1.54, 1.807) is 34.1 Å². The average Bonchev–Trinajstić information content (AvgIpc) is 2.78. The van der Waals surface area contributed by atoms with Crippen molar-refractivity contribution in [3.63, 3.8) is 0 Å². The second kappa shape index (κ2) is 10.4. The van der Waals surface area contributed by atoms with Crippen LogP contribution in [-0.2, 0) is 16.0 Å². The fourth-order valence-corrected chi connectivity index (χ4v) is 3.75. The Balaban J connectivity index is 1.71. The van der Waals surface area contributed by atoms with Gasteiger partial charge in [-0.05, 0) is 29.8 Å². The van der Waals surface area contributed by atoms with Gasteiger partial charge in [-0.25, -0.2) is 0 Å². The highest BCUT2D eigenvalue weighted by Crippen LogP contribution is 2.13. The highest BCUT2D eigenvalue weighted by molar-refractivity contribution is 6.30. The molecule has 0 saturated carbocycles. The van der Waals surface area contributed by atoms with Crippen LogP contribution in [0.1, 0.15) is 29.8 Å². The van der Waals surface area contributed by atoms with Crippen molar-refractivity contribution in [3.05, 3.63) is 70.7 Å². The van der Waals surface area contributed by atoms with Crippen molar-refractivity contribution in [2.75, 3.05) is 26.2 Å². The van der Waals surface area contributed by atoms with Gasteiger partial charge in [-0.2, -0.15) is 0 Å². The molecule has 1 heterocycles. The summed E-state index contributed by atoms with van der Waals surface area (Å²) in [7, 11) is 0. The number of amides is 3. The zero-order valence-corrected chi connectivity index (χ0v) is 18.6.